The fourth-order valence-corrected chi connectivity index (χ4v) is 3.89. The molecular formula is C29H46O2. The first-order chi connectivity index (χ1) is 15.3. The Morgan fingerprint density at radius 2 is 1.29 bits per heavy atom. The van der Waals surface area contributed by atoms with Crippen LogP contribution in [-0.4, -0.2) is 12.1 Å². The third kappa shape index (κ3) is 16.5. The molecular weight excluding hydrogens is 380 g/mol. The van der Waals surface area contributed by atoms with Crippen molar-refractivity contribution in [3.63, 3.8) is 0 Å². The molecule has 1 aromatic carbocycles. The number of carbonyl (C=O) groups excluding carboxylic acids is 1. The van der Waals surface area contributed by atoms with Crippen LogP contribution in [-0.2, 0) is 9.53 Å². The van der Waals surface area contributed by atoms with Crippen molar-refractivity contribution in [2.24, 2.45) is 0 Å². The van der Waals surface area contributed by atoms with E-state index in [0.717, 1.165) is 18.4 Å². The summed E-state index contributed by atoms with van der Waals surface area (Å²) >= 11 is 0. The minimum absolute atomic E-state index is 0.173. The highest BCUT2D eigenvalue weighted by molar-refractivity contribution is 5.81. The first-order valence-electron chi connectivity index (χ1n) is 12.8. The monoisotopic (exact) mass is 426 g/mol. The second kappa shape index (κ2) is 20.1. The maximum Gasteiger partial charge on any atom is 0.330 e. The topological polar surface area (TPSA) is 26.3 Å². The predicted molar refractivity (Wildman–Crippen MR) is 135 cm³/mol. The molecule has 0 radical (unpaired) electrons. The van der Waals surface area contributed by atoms with Crippen LogP contribution < -0.4 is 0 Å². The van der Waals surface area contributed by atoms with E-state index in [4.69, 9.17) is 4.74 Å². The number of ether oxygens (including phenoxy) is 1. The van der Waals surface area contributed by atoms with Crippen molar-refractivity contribution in [3.05, 3.63) is 54.6 Å². The van der Waals surface area contributed by atoms with Gasteiger partial charge >= 0.3 is 5.97 Å². The highest BCUT2D eigenvalue weighted by atomic mass is 16.5. The quantitative estimate of drug-likeness (QED) is 0.118. The van der Waals surface area contributed by atoms with Crippen molar-refractivity contribution >= 4 is 12.0 Å². The molecule has 1 unspecified atom stereocenters. The maximum atomic E-state index is 11.6. The van der Waals surface area contributed by atoms with Crippen molar-refractivity contribution in [1.82, 2.24) is 0 Å². The molecule has 0 bridgehead atoms. The molecule has 2 nitrogen and oxygen atoms in total. The highest BCUT2D eigenvalue weighted by Gasteiger charge is 2.09. The zero-order chi connectivity index (χ0) is 22.4. The van der Waals surface area contributed by atoms with Gasteiger partial charge in [-0.1, -0.05) is 140 Å². The van der Waals surface area contributed by atoms with E-state index in [-0.39, 0.29) is 12.1 Å². The summed E-state index contributed by atoms with van der Waals surface area (Å²) in [7, 11) is 0. The molecule has 0 amide bonds. The van der Waals surface area contributed by atoms with Gasteiger partial charge in [0, 0.05) is 6.08 Å². The predicted octanol–water partition coefficient (Wildman–Crippen LogP) is 9.06. The average Bonchev–Trinajstić information content (AvgIpc) is 2.80. The first-order valence-corrected chi connectivity index (χ1v) is 12.8. The van der Waals surface area contributed by atoms with Crippen LogP contribution in [0.4, 0.5) is 0 Å². The van der Waals surface area contributed by atoms with Crippen LogP contribution >= 0.6 is 0 Å². The van der Waals surface area contributed by atoms with Crippen LogP contribution in [0.3, 0.4) is 0 Å². The molecule has 0 spiro atoms. The average molecular weight is 427 g/mol. The lowest BCUT2D eigenvalue weighted by Crippen LogP contribution is -2.14. The van der Waals surface area contributed by atoms with Crippen LogP contribution in [0.25, 0.3) is 6.08 Å². The fraction of sp³-hybridized carbons (Fsp3) is 0.621. The second-order valence-corrected chi connectivity index (χ2v) is 8.69. The van der Waals surface area contributed by atoms with E-state index >= 15 is 0 Å². The van der Waals surface area contributed by atoms with Crippen LogP contribution in [0.2, 0.25) is 0 Å². The zero-order valence-corrected chi connectivity index (χ0v) is 20.0. The van der Waals surface area contributed by atoms with Crippen LogP contribution in [0.15, 0.2) is 49.1 Å². The second-order valence-electron chi connectivity index (χ2n) is 8.69. The van der Waals surface area contributed by atoms with E-state index in [0.29, 0.717) is 0 Å². The molecule has 0 N–H and O–H groups in total. The molecule has 31 heavy (non-hydrogen) atoms. The lowest BCUT2D eigenvalue weighted by atomic mass is 10.0. The van der Waals surface area contributed by atoms with Crippen LogP contribution in [0.1, 0.15) is 115 Å². The van der Waals surface area contributed by atoms with Crippen LogP contribution in [0.5, 0.6) is 0 Å². The van der Waals surface area contributed by atoms with Gasteiger partial charge in [-0.3, -0.25) is 0 Å². The zero-order valence-electron chi connectivity index (χ0n) is 20.0. The molecule has 1 atom stereocenters. The number of hydrogen-bond acceptors (Lipinski definition) is 2. The smallest absolute Gasteiger partial charge is 0.330 e. The van der Waals surface area contributed by atoms with E-state index in [9.17, 15) is 4.79 Å². The Balaban J connectivity index is 2.04. The molecule has 0 saturated heterocycles. The molecule has 174 valence electrons. The SMILES string of the molecule is C=CC(=O)OC(C=Cc1ccccc1)CCCCCCCCCCCCCCCCC. The molecule has 1 aromatic rings. The molecule has 0 heterocycles. The molecule has 0 aliphatic carbocycles. The first kappa shape index (κ1) is 27.2. The minimum atomic E-state index is -0.344. The van der Waals surface area contributed by atoms with E-state index in [2.05, 4.69) is 25.6 Å². The van der Waals surface area contributed by atoms with Gasteiger partial charge in [0.1, 0.15) is 6.10 Å². The van der Waals surface area contributed by atoms with E-state index in [1.54, 1.807) is 0 Å². The molecule has 0 aromatic heterocycles. The molecule has 1 rings (SSSR count). The van der Waals surface area contributed by atoms with E-state index < -0.39 is 0 Å². The lowest BCUT2D eigenvalue weighted by molar-refractivity contribution is -0.141. The molecule has 0 aliphatic rings. The summed E-state index contributed by atoms with van der Waals surface area (Å²) in [6, 6.07) is 10.1. The lowest BCUT2D eigenvalue weighted by Gasteiger charge is -2.13. The molecule has 0 aliphatic heterocycles. The van der Waals surface area contributed by atoms with Crippen molar-refractivity contribution in [3.8, 4) is 0 Å². The Morgan fingerprint density at radius 3 is 1.77 bits per heavy atom. The van der Waals surface area contributed by atoms with Gasteiger partial charge in [-0.2, -0.15) is 0 Å². The van der Waals surface area contributed by atoms with Gasteiger partial charge in [0.2, 0.25) is 0 Å². The number of rotatable bonds is 20. The standard InChI is InChI=1S/C29H46O2/c1-3-5-6-7-8-9-10-11-12-13-14-15-16-17-21-24-28(31-29(30)4-2)26-25-27-22-19-18-20-23-27/h4,18-20,22-23,25-26,28H,2-3,5-17,21,24H2,1H3. The molecule has 0 saturated carbocycles. The van der Waals surface area contributed by atoms with Crippen molar-refractivity contribution in [2.45, 2.75) is 116 Å². The maximum absolute atomic E-state index is 11.6. The van der Waals surface area contributed by atoms with Gasteiger partial charge in [-0.25, -0.2) is 4.79 Å². The highest BCUT2D eigenvalue weighted by Crippen LogP contribution is 2.15. The van der Waals surface area contributed by atoms with Gasteiger partial charge in [0.05, 0.1) is 0 Å². The summed E-state index contributed by atoms with van der Waals surface area (Å²) in [6.45, 7) is 5.79. The van der Waals surface area contributed by atoms with Gasteiger partial charge in [0.15, 0.2) is 0 Å². The van der Waals surface area contributed by atoms with Gasteiger partial charge in [-0.05, 0) is 24.5 Å². The number of unbranched alkanes of at least 4 members (excludes halogenated alkanes) is 14. The third-order valence-electron chi connectivity index (χ3n) is 5.83. The van der Waals surface area contributed by atoms with Crippen molar-refractivity contribution < 1.29 is 9.53 Å². The summed E-state index contributed by atoms with van der Waals surface area (Å²) in [4.78, 5) is 11.6. The number of carbonyl (C=O) groups is 1. The van der Waals surface area contributed by atoms with Gasteiger partial charge in [0.25, 0.3) is 0 Å². The Kier molecular flexibility index (Phi) is 17.6. The summed E-state index contributed by atoms with van der Waals surface area (Å²) in [6.07, 6.45) is 26.3. The normalized spacial score (nSPS) is 12.2. The number of hydrogen-bond donors (Lipinski definition) is 0. The van der Waals surface area contributed by atoms with E-state index in [1.165, 1.54) is 96.0 Å². The molecule has 0 fully saturated rings. The summed E-state index contributed by atoms with van der Waals surface area (Å²) < 4.78 is 5.50. The Labute approximate surface area is 192 Å². The number of esters is 1. The third-order valence-corrected chi connectivity index (χ3v) is 5.83. The largest absolute Gasteiger partial charge is 0.455 e. The van der Waals surface area contributed by atoms with Gasteiger partial charge < -0.3 is 4.74 Å². The fourth-order valence-electron chi connectivity index (χ4n) is 3.89. The Morgan fingerprint density at radius 1 is 0.806 bits per heavy atom. The minimum Gasteiger partial charge on any atom is -0.455 e. The summed E-state index contributed by atoms with van der Waals surface area (Å²) in [5.41, 5.74) is 1.12. The number of benzene rings is 1. The van der Waals surface area contributed by atoms with Crippen molar-refractivity contribution in [1.29, 1.82) is 0 Å². The van der Waals surface area contributed by atoms with Crippen molar-refractivity contribution in [2.75, 3.05) is 0 Å². The van der Waals surface area contributed by atoms with E-state index in [1.807, 2.05) is 30.4 Å². The Bertz CT molecular complexity index is 576. The molecule has 2 heteroatoms. The Hall–Kier alpha value is -1.83. The summed E-state index contributed by atoms with van der Waals surface area (Å²) in [5.74, 6) is -0.344. The van der Waals surface area contributed by atoms with Gasteiger partial charge in [-0.15, -0.1) is 0 Å². The van der Waals surface area contributed by atoms with Crippen LogP contribution in [0, 0.1) is 0 Å². The summed E-state index contributed by atoms with van der Waals surface area (Å²) in [5, 5.41) is 0.